The molecule has 0 saturated heterocycles. The minimum atomic E-state index is -0.215. The molecule has 3 rings (SSSR count). The van der Waals surface area contributed by atoms with Crippen molar-refractivity contribution in [3.05, 3.63) is 58.6 Å². The molecule has 0 aromatic heterocycles. The molecule has 0 spiro atoms. The summed E-state index contributed by atoms with van der Waals surface area (Å²) >= 11 is 6.06. The Morgan fingerprint density at radius 1 is 1.04 bits per heavy atom. The van der Waals surface area contributed by atoms with E-state index in [0.717, 1.165) is 29.0 Å². The molecular weight excluding hydrogens is 328 g/mol. The zero-order valence-electron chi connectivity index (χ0n) is 13.2. The predicted molar refractivity (Wildman–Crippen MR) is 92.8 cm³/mol. The van der Waals surface area contributed by atoms with Gasteiger partial charge < -0.3 is 20.1 Å². The van der Waals surface area contributed by atoms with Crippen molar-refractivity contribution in [2.75, 3.05) is 19.8 Å². The van der Waals surface area contributed by atoms with E-state index >= 15 is 0 Å². The molecule has 2 N–H and O–H groups in total. The summed E-state index contributed by atoms with van der Waals surface area (Å²) in [5, 5.41) is 6.28. The molecule has 2 amide bonds. The van der Waals surface area contributed by atoms with E-state index in [9.17, 15) is 4.79 Å². The summed E-state index contributed by atoms with van der Waals surface area (Å²) in [5.41, 5.74) is 1.98. The SMILES string of the molecule is O=C(NCCc1ccc2c(c1)OCCO2)NCc1ccccc1Cl. The quantitative estimate of drug-likeness (QED) is 0.874. The van der Waals surface area contributed by atoms with Gasteiger partial charge in [0.1, 0.15) is 13.2 Å². The lowest BCUT2D eigenvalue weighted by atomic mass is 10.1. The van der Waals surface area contributed by atoms with Crippen LogP contribution in [0.1, 0.15) is 11.1 Å². The second-order valence-corrected chi connectivity index (χ2v) is 5.84. The Labute approximate surface area is 145 Å². The molecule has 0 fully saturated rings. The van der Waals surface area contributed by atoms with Crippen molar-refractivity contribution in [2.45, 2.75) is 13.0 Å². The molecule has 0 unspecified atom stereocenters. The number of ether oxygens (including phenoxy) is 2. The van der Waals surface area contributed by atoms with E-state index in [-0.39, 0.29) is 6.03 Å². The first-order valence-corrected chi connectivity index (χ1v) is 8.24. The van der Waals surface area contributed by atoms with Crippen molar-refractivity contribution in [3.63, 3.8) is 0 Å². The van der Waals surface area contributed by atoms with E-state index in [1.54, 1.807) is 6.07 Å². The van der Waals surface area contributed by atoms with E-state index in [1.807, 2.05) is 36.4 Å². The number of hydrogen-bond acceptors (Lipinski definition) is 3. The third-order valence-electron chi connectivity index (χ3n) is 3.70. The van der Waals surface area contributed by atoms with Crippen molar-refractivity contribution >= 4 is 17.6 Å². The van der Waals surface area contributed by atoms with E-state index in [0.29, 0.717) is 31.3 Å². The van der Waals surface area contributed by atoms with Crippen LogP contribution in [-0.4, -0.2) is 25.8 Å². The maximum Gasteiger partial charge on any atom is 0.315 e. The van der Waals surface area contributed by atoms with E-state index in [2.05, 4.69) is 10.6 Å². The molecular formula is C18H19ClN2O3. The topological polar surface area (TPSA) is 59.6 Å². The first-order valence-electron chi connectivity index (χ1n) is 7.86. The van der Waals surface area contributed by atoms with Crippen LogP contribution in [0.4, 0.5) is 4.79 Å². The fourth-order valence-electron chi connectivity index (χ4n) is 2.44. The molecule has 1 heterocycles. The molecule has 1 aliphatic heterocycles. The van der Waals surface area contributed by atoms with Crippen molar-refractivity contribution < 1.29 is 14.3 Å². The molecule has 6 heteroatoms. The number of nitrogens with one attached hydrogen (secondary N) is 2. The second-order valence-electron chi connectivity index (χ2n) is 5.43. The van der Waals surface area contributed by atoms with E-state index in [4.69, 9.17) is 21.1 Å². The van der Waals surface area contributed by atoms with Crippen molar-refractivity contribution in [3.8, 4) is 11.5 Å². The van der Waals surface area contributed by atoms with Crippen LogP contribution in [0.2, 0.25) is 5.02 Å². The third-order valence-corrected chi connectivity index (χ3v) is 4.07. The van der Waals surface area contributed by atoms with Crippen LogP contribution in [0.15, 0.2) is 42.5 Å². The zero-order chi connectivity index (χ0) is 16.8. The normalized spacial score (nSPS) is 12.5. The van der Waals surface area contributed by atoms with E-state index in [1.165, 1.54) is 0 Å². The molecule has 0 saturated carbocycles. The number of urea groups is 1. The molecule has 1 aliphatic rings. The van der Waals surface area contributed by atoms with Crippen LogP contribution in [0.5, 0.6) is 11.5 Å². The smallest absolute Gasteiger partial charge is 0.315 e. The predicted octanol–water partition coefficient (Wildman–Crippen LogP) is 3.15. The van der Waals surface area contributed by atoms with Gasteiger partial charge in [0.15, 0.2) is 11.5 Å². The minimum absolute atomic E-state index is 0.215. The van der Waals surface area contributed by atoms with Gasteiger partial charge in [-0.2, -0.15) is 0 Å². The lowest BCUT2D eigenvalue weighted by Crippen LogP contribution is -2.36. The highest BCUT2D eigenvalue weighted by molar-refractivity contribution is 6.31. The van der Waals surface area contributed by atoms with Gasteiger partial charge in [0, 0.05) is 18.1 Å². The third kappa shape index (κ3) is 4.32. The zero-order valence-corrected chi connectivity index (χ0v) is 13.9. The van der Waals surface area contributed by atoms with Crippen molar-refractivity contribution in [1.29, 1.82) is 0 Å². The average molecular weight is 347 g/mol. The highest BCUT2D eigenvalue weighted by Crippen LogP contribution is 2.30. The molecule has 0 bridgehead atoms. The summed E-state index contributed by atoms with van der Waals surface area (Å²) < 4.78 is 11.0. The first kappa shape index (κ1) is 16.5. The summed E-state index contributed by atoms with van der Waals surface area (Å²) in [5.74, 6) is 1.54. The summed E-state index contributed by atoms with van der Waals surface area (Å²) in [4.78, 5) is 11.8. The van der Waals surface area contributed by atoms with Gasteiger partial charge in [0.25, 0.3) is 0 Å². The summed E-state index contributed by atoms with van der Waals surface area (Å²) in [6.45, 7) is 2.09. The fraction of sp³-hybridized carbons (Fsp3) is 0.278. The van der Waals surface area contributed by atoms with E-state index < -0.39 is 0 Å². The monoisotopic (exact) mass is 346 g/mol. The number of rotatable bonds is 5. The molecule has 0 aliphatic carbocycles. The number of carbonyl (C=O) groups excluding carboxylic acids is 1. The largest absolute Gasteiger partial charge is 0.486 e. The van der Waals surface area contributed by atoms with Crippen molar-refractivity contribution in [1.82, 2.24) is 10.6 Å². The highest BCUT2D eigenvalue weighted by Gasteiger charge is 2.11. The minimum Gasteiger partial charge on any atom is -0.486 e. The van der Waals surface area contributed by atoms with Crippen LogP contribution in [0.25, 0.3) is 0 Å². The molecule has 2 aromatic rings. The molecule has 0 radical (unpaired) electrons. The van der Waals surface area contributed by atoms with Gasteiger partial charge in [0.2, 0.25) is 0 Å². The van der Waals surface area contributed by atoms with Gasteiger partial charge in [-0.15, -0.1) is 0 Å². The summed E-state index contributed by atoms with van der Waals surface area (Å²) in [6.07, 6.45) is 0.718. The maximum atomic E-state index is 11.8. The number of amides is 2. The van der Waals surface area contributed by atoms with Gasteiger partial charge in [-0.3, -0.25) is 0 Å². The van der Waals surface area contributed by atoms with Crippen molar-refractivity contribution in [2.24, 2.45) is 0 Å². The summed E-state index contributed by atoms with van der Waals surface area (Å²) in [7, 11) is 0. The second kappa shape index (κ2) is 7.93. The molecule has 24 heavy (non-hydrogen) atoms. The number of hydrogen-bond donors (Lipinski definition) is 2. The number of fused-ring (bicyclic) bond motifs is 1. The molecule has 0 atom stereocenters. The number of benzene rings is 2. The Morgan fingerprint density at radius 2 is 1.83 bits per heavy atom. The highest BCUT2D eigenvalue weighted by atomic mass is 35.5. The van der Waals surface area contributed by atoms with Gasteiger partial charge in [-0.1, -0.05) is 35.9 Å². The van der Waals surface area contributed by atoms with Crippen LogP contribution in [-0.2, 0) is 13.0 Å². The Morgan fingerprint density at radius 3 is 2.67 bits per heavy atom. The standard InChI is InChI=1S/C18H19ClN2O3/c19-15-4-2-1-3-14(15)12-21-18(22)20-8-7-13-5-6-16-17(11-13)24-10-9-23-16/h1-6,11H,7-10,12H2,(H2,20,21,22). The van der Waals surface area contributed by atoms with Gasteiger partial charge in [-0.25, -0.2) is 4.79 Å². The lowest BCUT2D eigenvalue weighted by molar-refractivity contribution is 0.171. The van der Waals surface area contributed by atoms with Crippen LogP contribution < -0.4 is 20.1 Å². The molecule has 5 nitrogen and oxygen atoms in total. The van der Waals surface area contributed by atoms with Crippen LogP contribution >= 0.6 is 11.6 Å². The van der Waals surface area contributed by atoms with Crippen LogP contribution in [0, 0.1) is 0 Å². The number of halogens is 1. The Hall–Kier alpha value is -2.40. The van der Waals surface area contributed by atoms with Crippen LogP contribution in [0.3, 0.4) is 0 Å². The van der Waals surface area contributed by atoms with Gasteiger partial charge >= 0.3 is 6.03 Å². The fourth-order valence-corrected chi connectivity index (χ4v) is 2.65. The maximum absolute atomic E-state index is 11.8. The van der Waals surface area contributed by atoms with Gasteiger partial charge in [0.05, 0.1) is 0 Å². The Balaban J connectivity index is 1.43. The lowest BCUT2D eigenvalue weighted by Gasteiger charge is -2.18. The average Bonchev–Trinajstić information content (AvgIpc) is 2.61. The summed E-state index contributed by atoms with van der Waals surface area (Å²) in [6, 6.07) is 13.1. The van der Waals surface area contributed by atoms with Gasteiger partial charge in [-0.05, 0) is 35.7 Å². The Bertz CT molecular complexity index is 721. The molecule has 126 valence electrons. The molecule has 2 aromatic carbocycles. The Kier molecular flexibility index (Phi) is 5.43. The first-order chi connectivity index (χ1) is 11.7. The number of carbonyl (C=O) groups is 1.